The van der Waals surface area contributed by atoms with Gasteiger partial charge in [0.15, 0.2) is 0 Å². The maximum atomic E-state index is 9.30. The largest absolute Gasteiger partial charge is 0.370 e. The first-order chi connectivity index (χ1) is 9.78. The van der Waals surface area contributed by atoms with Gasteiger partial charge in [0.25, 0.3) is 0 Å². The molecule has 2 saturated heterocycles. The van der Waals surface area contributed by atoms with E-state index in [0.29, 0.717) is 22.5 Å². The number of piperidine rings is 1. The monoisotopic (exact) mass is 289 g/mol. The summed E-state index contributed by atoms with van der Waals surface area (Å²) >= 11 is 5.99. The van der Waals surface area contributed by atoms with Gasteiger partial charge in [0.2, 0.25) is 0 Å². The van der Waals surface area contributed by atoms with Crippen molar-refractivity contribution in [1.29, 1.82) is 5.26 Å². The highest BCUT2D eigenvalue weighted by atomic mass is 35.5. The molecule has 0 aliphatic carbocycles. The molecule has 3 nitrogen and oxygen atoms in total. The highest BCUT2D eigenvalue weighted by Gasteiger charge is 2.29. The lowest BCUT2D eigenvalue weighted by Gasteiger charge is -2.37. The van der Waals surface area contributed by atoms with Crippen LogP contribution < -0.4 is 10.2 Å². The van der Waals surface area contributed by atoms with Crippen molar-refractivity contribution in [3.8, 4) is 6.07 Å². The lowest BCUT2D eigenvalue weighted by atomic mass is 9.89. The predicted octanol–water partition coefficient (Wildman–Crippen LogP) is 3.18. The molecule has 4 heteroatoms. The fraction of sp³-hybridized carbons (Fsp3) is 0.562. The average molecular weight is 290 g/mol. The lowest BCUT2D eigenvalue weighted by molar-refractivity contribution is 0.329. The van der Waals surface area contributed by atoms with E-state index in [0.717, 1.165) is 25.3 Å². The molecule has 0 radical (unpaired) electrons. The number of hydrogen-bond acceptors (Lipinski definition) is 3. The van der Waals surface area contributed by atoms with Crippen LogP contribution in [0.15, 0.2) is 18.2 Å². The zero-order chi connectivity index (χ0) is 13.9. The maximum Gasteiger partial charge on any atom is 0.101 e. The average Bonchev–Trinajstić information content (AvgIpc) is 3.01. The number of nitriles is 1. The number of anilines is 1. The van der Waals surface area contributed by atoms with Crippen LogP contribution in [0.2, 0.25) is 5.02 Å². The Labute approximate surface area is 125 Å². The van der Waals surface area contributed by atoms with Crippen LogP contribution in [-0.2, 0) is 0 Å². The lowest BCUT2D eigenvalue weighted by Crippen LogP contribution is -2.43. The van der Waals surface area contributed by atoms with Gasteiger partial charge >= 0.3 is 0 Å². The van der Waals surface area contributed by atoms with E-state index in [1.807, 2.05) is 12.1 Å². The van der Waals surface area contributed by atoms with Gasteiger partial charge in [-0.3, -0.25) is 0 Å². The molecule has 1 N–H and O–H groups in total. The molecule has 0 amide bonds. The van der Waals surface area contributed by atoms with Crippen LogP contribution in [0.25, 0.3) is 0 Å². The summed E-state index contributed by atoms with van der Waals surface area (Å²) in [6, 6.07) is 8.59. The molecule has 2 aliphatic heterocycles. The molecule has 0 saturated carbocycles. The summed E-state index contributed by atoms with van der Waals surface area (Å²) in [5.41, 5.74) is 1.73. The summed E-state index contributed by atoms with van der Waals surface area (Å²) in [6.07, 6.45) is 5.09. The van der Waals surface area contributed by atoms with E-state index in [-0.39, 0.29) is 0 Å². The van der Waals surface area contributed by atoms with Gasteiger partial charge in [-0.1, -0.05) is 11.6 Å². The van der Waals surface area contributed by atoms with Gasteiger partial charge in [-0.05, 0) is 56.3 Å². The van der Waals surface area contributed by atoms with Crippen molar-refractivity contribution in [2.45, 2.75) is 31.7 Å². The number of hydrogen-bond donors (Lipinski definition) is 1. The summed E-state index contributed by atoms with van der Waals surface area (Å²) in [5.74, 6) is 0.702. The van der Waals surface area contributed by atoms with Crippen molar-refractivity contribution in [3.05, 3.63) is 28.8 Å². The Morgan fingerprint density at radius 2 is 2.20 bits per heavy atom. The second-order valence-corrected chi connectivity index (χ2v) is 6.26. The fourth-order valence-corrected chi connectivity index (χ4v) is 3.72. The van der Waals surface area contributed by atoms with Crippen LogP contribution >= 0.6 is 11.6 Å². The molecule has 20 heavy (non-hydrogen) atoms. The van der Waals surface area contributed by atoms with Gasteiger partial charge in [0.05, 0.1) is 11.3 Å². The molecule has 2 fully saturated rings. The number of nitrogens with one attached hydrogen (secondary N) is 1. The number of halogens is 1. The number of rotatable bonds is 2. The first kappa shape index (κ1) is 13.7. The second-order valence-electron chi connectivity index (χ2n) is 5.82. The Hall–Kier alpha value is -1.24. The number of nitrogens with zero attached hydrogens (tertiary/aromatic N) is 2. The van der Waals surface area contributed by atoms with Crippen molar-refractivity contribution < 1.29 is 0 Å². The Kier molecular flexibility index (Phi) is 4.14. The minimum atomic E-state index is 0.635. The van der Waals surface area contributed by atoms with Crippen molar-refractivity contribution in [2.24, 2.45) is 5.92 Å². The summed E-state index contributed by atoms with van der Waals surface area (Å²) in [5, 5.41) is 13.6. The SMILES string of the molecule is N#Cc1cc(Cl)ccc1N1CCCC(C2CCCN2)C1. The molecule has 1 aromatic carbocycles. The minimum Gasteiger partial charge on any atom is -0.370 e. The molecule has 2 aliphatic rings. The molecule has 2 heterocycles. The Morgan fingerprint density at radius 1 is 1.30 bits per heavy atom. The van der Waals surface area contributed by atoms with Crippen molar-refractivity contribution in [1.82, 2.24) is 5.32 Å². The highest BCUT2D eigenvalue weighted by molar-refractivity contribution is 6.30. The van der Waals surface area contributed by atoms with Gasteiger partial charge in [0.1, 0.15) is 6.07 Å². The fourth-order valence-electron chi connectivity index (χ4n) is 3.54. The molecule has 2 unspecified atom stereocenters. The standard InChI is InChI=1S/C16H20ClN3/c17-14-5-6-16(13(9-14)10-18)20-8-2-3-12(11-20)15-4-1-7-19-15/h5-6,9,12,15,19H,1-4,7-8,11H2. The zero-order valence-corrected chi connectivity index (χ0v) is 12.4. The smallest absolute Gasteiger partial charge is 0.101 e. The molecule has 0 spiro atoms. The van der Waals surface area contributed by atoms with Crippen LogP contribution in [0.5, 0.6) is 0 Å². The van der Waals surface area contributed by atoms with Gasteiger partial charge < -0.3 is 10.2 Å². The van der Waals surface area contributed by atoms with E-state index < -0.39 is 0 Å². The van der Waals surface area contributed by atoms with E-state index in [9.17, 15) is 5.26 Å². The van der Waals surface area contributed by atoms with Crippen LogP contribution in [0.3, 0.4) is 0 Å². The first-order valence-electron chi connectivity index (χ1n) is 7.46. The molecular weight excluding hydrogens is 270 g/mol. The van der Waals surface area contributed by atoms with E-state index in [4.69, 9.17) is 11.6 Å². The summed E-state index contributed by atoms with van der Waals surface area (Å²) < 4.78 is 0. The maximum absolute atomic E-state index is 9.30. The van der Waals surface area contributed by atoms with Crippen LogP contribution in [0.1, 0.15) is 31.2 Å². The predicted molar refractivity (Wildman–Crippen MR) is 82.1 cm³/mol. The van der Waals surface area contributed by atoms with Gasteiger partial charge in [-0.25, -0.2) is 0 Å². The molecule has 2 atom stereocenters. The Morgan fingerprint density at radius 3 is 2.95 bits per heavy atom. The van der Waals surface area contributed by atoms with Crippen molar-refractivity contribution >= 4 is 17.3 Å². The zero-order valence-electron chi connectivity index (χ0n) is 11.6. The third-order valence-electron chi connectivity index (χ3n) is 4.55. The van der Waals surface area contributed by atoms with E-state index in [1.54, 1.807) is 6.07 Å². The molecular formula is C16H20ClN3. The summed E-state index contributed by atoms with van der Waals surface area (Å²) in [6.45, 7) is 3.25. The molecule has 1 aromatic rings. The van der Waals surface area contributed by atoms with Gasteiger partial charge in [-0.2, -0.15) is 5.26 Å². The van der Waals surface area contributed by atoms with Crippen LogP contribution in [0, 0.1) is 17.2 Å². The quantitative estimate of drug-likeness (QED) is 0.909. The first-order valence-corrected chi connectivity index (χ1v) is 7.83. The van der Waals surface area contributed by atoms with E-state index in [1.165, 1.54) is 25.7 Å². The number of benzene rings is 1. The topological polar surface area (TPSA) is 39.1 Å². The van der Waals surface area contributed by atoms with Crippen molar-refractivity contribution in [3.63, 3.8) is 0 Å². The van der Waals surface area contributed by atoms with Crippen LogP contribution in [-0.4, -0.2) is 25.7 Å². The van der Waals surface area contributed by atoms with E-state index in [2.05, 4.69) is 16.3 Å². The van der Waals surface area contributed by atoms with Crippen molar-refractivity contribution in [2.75, 3.05) is 24.5 Å². The molecule has 3 rings (SSSR count). The third-order valence-corrected chi connectivity index (χ3v) is 4.78. The third kappa shape index (κ3) is 2.77. The van der Waals surface area contributed by atoms with Gasteiger partial charge in [-0.15, -0.1) is 0 Å². The Balaban J connectivity index is 1.78. The molecule has 0 aromatic heterocycles. The Bertz CT molecular complexity index is 517. The van der Waals surface area contributed by atoms with Crippen LogP contribution in [0.4, 0.5) is 5.69 Å². The van der Waals surface area contributed by atoms with Gasteiger partial charge in [0, 0.05) is 24.2 Å². The molecule has 0 bridgehead atoms. The summed E-state index contributed by atoms with van der Waals surface area (Å²) in [7, 11) is 0. The summed E-state index contributed by atoms with van der Waals surface area (Å²) in [4.78, 5) is 2.36. The minimum absolute atomic E-state index is 0.635. The molecule has 106 valence electrons. The second kappa shape index (κ2) is 6.03. The normalized spacial score (nSPS) is 26.5. The van der Waals surface area contributed by atoms with E-state index >= 15 is 0 Å². The highest BCUT2D eigenvalue weighted by Crippen LogP contribution is 2.30.